The Kier molecular flexibility index (Phi) is 7.96. The molecule has 15 heavy (non-hydrogen) atoms. The van der Waals surface area contributed by atoms with Crippen molar-refractivity contribution >= 4 is 0 Å². The number of nitrogens with one attached hydrogen (secondary N) is 2. The molecular weight excluding hydrogens is 190 g/mol. The molecular formula is C11H27N3O. The monoisotopic (exact) mass is 217 g/mol. The van der Waals surface area contributed by atoms with Crippen LogP contribution in [-0.2, 0) is 4.74 Å². The molecule has 0 bridgehead atoms. The van der Waals surface area contributed by atoms with Crippen LogP contribution in [0.25, 0.3) is 0 Å². The zero-order chi connectivity index (χ0) is 11.7. The van der Waals surface area contributed by atoms with Gasteiger partial charge in [0, 0.05) is 31.2 Å². The van der Waals surface area contributed by atoms with Gasteiger partial charge in [-0.3, -0.25) is 0 Å². The van der Waals surface area contributed by atoms with Crippen LogP contribution in [0.2, 0.25) is 0 Å². The van der Waals surface area contributed by atoms with E-state index in [0.29, 0.717) is 19.2 Å². The van der Waals surface area contributed by atoms with Crippen LogP contribution in [0, 0.1) is 0 Å². The summed E-state index contributed by atoms with van der Waals surface area (Å²) in [5.74, 6) is 0. The van der Waals surface area contributed by atoms with Crippen LogP contribution in [0.15, 0.2) is 0 Å². The third-order valence-corrected chi connectivity index (χ3v) is 2.01. The fourth-order valence-corrected chi connectivity index (χ4v) is 1.21. The van der Waals surface area contributed by atoms with E-state index in [-0.39, 0.29) is 5.54 Å². The Bertz CT molecular complexity index is 149. The smallest absolute Gasteiger partial charge is 0.0643 e. The zero-order valence-corrected chi connectivity index (χ0v) is 10.6. The van der Waals surface area contributed by atoms with E-state index in [9.17, 15) is 0 Å². The summed E-state index contributed by atoms with van der Waals surface area (Å²) in [5.41, 5.74) is 5.44. The maximum absolute atomic E-state index is 5.58. The first-order valence-corrected chi connectivity index (χ1v) is 5.74. The van der Waals surface area contributed by atoms with Gasteiger partial charge in [-0.1, -0.05) is 13.8 Å². The first kappa shape index (κ1) is 14.8. The average Bonchev–Trinajstić information content (AvgIpc) is 2.14. The molecule has 0 saturated heterocycles. The van der Waals surface area contributed by atoms with Crippen molar-refractivity contribution in [2.24, 2.45) is 5.73 Å². The molecule has 4 heteroatoms. The third kappa shape index (κ3) is 10.1. The van der Waals surface area contributed by atoms with Gasteiger partial charge in [0.15, 0.2) is 0 Å². The lowest BCUT2D eigenvalue weighted by Gasteiger charge is -2.26. The molecule has 0 spiro atoms. The van der Waals surface area contributed by atoms with Crippen molar-refractivity contribution < 1.29 is 4.74 Å². The molecule has 0 saturated carbocycles. The summed E-state index contributed by atoms with van der Waals surface area (Å²) in [6.07, 6.45) is 0. The molecule has 4 nitrogen and oxygen atoms in total. The normalized spacial score (nSPS) is 12.4. The molecule has 0 aliphatic heterocycles. The summed E-state index contributed by atoms with van der Waals surface area (Å²) >= 11 is 0. The molecule has 0 amide bonds. The van der Waals surface area contributed by atoms with Gasteiger partial charge >= 0.3 is 0 Å². The van der Waals surface area contributed by atoms with Crippen LogP contribution in [0.3, 0.4) is 0 Å². The van der Waals surface area contributed by atoms with Gasteiger partial charge in [0.2, 0.25) is 0 Å². The second kappa shape index (κ2) is 8.05. The Morgan fingerprint density at radius 3 is 2.47 bits per heavy atom. The van der Waals surface area contributed by atoms with Crippen LogP contribution in [-0.4, -0.2) is 44.4 Å². The number of nitrogens with two attached hydrogens (primary N) is 1. The highest BCUT2D eigenvalue weighted by Gasteiger charge is 2.15. The van der Waals surface area contributed by atoms with Gasteiger partial charge in [-0.25, -0.2) is 0 Å². The highest BCUT2D eigenvalue weighted by molar-refractivity contribution is 4.76. The van der Waals surface area contributed by atoms with E-state index in [1.807, 2.05) is 0 Å². The van der Waals surface area contributed by atoms with Gasteiger partial charge < -0.3 is 21.1 Å². The van der Waals surface area contributed by atoms with E-state index < -0.39 is 0 Å². The van der Waals surface area contributed by atoms with Gasteiger partial charge in [-0.15, -0.1) is 0 Å². The van der Waals surface area contributed by atoms with E-state index in [0.717, 1.165) is 19.7 Å². The second-order valence-electron chi connectivity index (χ2n) is 4.76. The molecule has 92 valence electrons. The Balaban J connectivity index is 3.40. The number of hydrogen-bond acceptors (Lipinski definition) is 4. The molecule has 0 aliphatic rings. The Labute approximate surface area is 93.9 Å². The first-order chi connectivity index (χ1) is 6.98. The Morgan fingerprint density at radius 2 is 1.93 bits per heavy atom. The highest BCUT2D eigenvalue weighted by Crippen LogP contribution is 2.01. The van der Waals surface area contributed by atoms with Crippen LogP contribution >= 0.6 is 0 Å². The first-order valence-electron chi connectivity index (χ1n) is 5.74. The highest BCUT2D eigenvalue weighted by atomic mass is 16.5. The second-order valence-corrected chi connectivity index (χ2v) is 4.76. The van der Waals surface area contributed by atoms with Crippen molar-refractivity contribution in [2.75, 3.05) is 32.8 Å². The molecule has 0 unspecified atom stereocenters. The predicted octanol–water partition coefficient (Wildman–Crippen LogP) is 0.328. The van der Waals surface area contributed by atoms with Crippen LogP contribution in [0.4, 0.5) is 0 Å². The Morgan fingerprint density at radius 1 is 1.27 bits per heavy atom. The molecule has 0 aromatic rings. The van der Waals surface area contributed by atoms with Gasteiger partial charge in [0.05, 0.1) is 13.2 Å². The average molecular weight is 217 g/mol. The molecule has 0 aromatic heterocycles. The van der Waals surface area contributed by atoms with Gasteiger partial charge in [0.1, 0.15) is 0 Å². The fraction of sp³-hybridized carbons (Fsp3) is 1.00. The molecule has 0 aromatic carbocycles. The fourth-order valence-electron chi connectivity index (χ4n) is 1.21. The summed E-state index contributed by atoms with van der Waals surface area (Å²) in [5, 5.41) is 6.65. The molecule has 0 heterocycles. The number of hydrogen-bond donors (Lipinski definition) is 3. The maximum Gasteiger partial charge on any atom is 0.0643 e. The quantitative estimate of drug-likeness (QED) is 0.487. The van der Waals surface area contributed by atoms with E-state index in [4.69, 9.17) is 10.5 Å². The summed E-state index contributed by atoms with van der Waals surface area (Å²) in [7, 11) is 0. The van der Waals surface area contributed by atoms with Crippen LogP contribution < -0.4 is 16.4 Å². The van der Waals surface area contributed by atoms with E-state index in [1.54, 1.807) is 0 Å². The van der Waals surface area contributed by atoms with Crippen molar-refractivity contribution in [2.45, 2.75) is 39.3 Å². The van der Waals surface area contributed by atoms with Gasteiger partial charge in [-0.05, 0) is 13.8 Å². The van der Waals surface area contributed by atoms with Crippen molar-refractivity contribution in [1.82, 2.24) is 10.6 Å². The summed E-state index contributed by atoms with van der Waals surface area (Å²) in [6, 6.07) is 0.525. The SMILES string of the molecule is CC(C)NCCOCC(C)(C)NCCN. The molecule has 0 aliphatic carbocycles. The van der Waals surface area contributed by atoms with E-state index in [2.05, 4.69) is 38.3 Å². The minimum atomic E-state index is 0.0111. The Hall–Kier alpha value is -0.160. The van der Waals surface area contributed by atoms with Gasteiger partial charge in [0.25, 0.3) is 0 Å². The van der Waals surface area contributed by atoms with Gasteiger partial charge in [-0.2, -0.15) is 0 Å². The van der Waals surface area contributed by atoms with E-state index >= 15 is 0 Å². The molecule has 0 fully saturated rings. The van der Waals surface area contributed by atoms with Crippen LogP contribution in [0.5, 0.6) is 0 Å². The van der Waals surface area contributed by atoms with Crippen molar-refractivity contribution in [1.29, 1.82) is 0 Å². The van der Waals surface area contributed by atoms with Crippen LogP contribution in [0.1, 0.15) is 27.7 Å². The minimum Gasteiger partial charge on any atom is -0.378 e. The lowest BCUT2D eigenvalue weighted by Crippen LogP contribution is -2.46. The van der Waals surface area contributed by atoms with Crippen molar-refractivity contribution in [3.63, 3.8) is 0 Å². The lowest BCUT2D eigenvalue weighted by molar-refractivity contribution is 0.0838. The summed E-state index contributed by atoms with van der Waals surface area (Å²) in [6.45, 7) is 12.4. The molecule has 0 radical (unpaired) electrons. The topological polar surface area (TPSA) is 59.3 Å². The third-order valence-electron chi connectivity index (χ3n) is 2.01. The summed E-state index contributed by atoms with van der Waals surface area (Å²) in [4.78, 5) is 0. The standard InChI is InChI=1S/C11H27N3O/c1-10(2)13-7-8-15-9-11(3,4)14-6-5-12/h10,13-14H,5-9,12H2,1-4H3. The van der Waals surface area contributed by atoms with E-state index in [1.165, 1.54) is 0 Å². The molecule has 0 atom stereocenters. The zero-order valence-electron chi connectivity index (χ0n) is 10.6. The minimum absolute atomic E-state index is 0.0111. The molecule has 4 N–H and O–H groups in total. The number of rotatable bonds is 9. The maximum atomic E-state index is 5.58. The largest absolute Gasteiger partial charge is 0.378 e. The number of ether oxygens (including phenoxy) is 1. The van der Waals surface area contributed by atoms with Crippen molar-refractivity contribution in [3.8, 4) is 0 Å². The molecule has 0 rings (SSSR count). The predicted molar refractivity (Wildman–Crippen MR) is 65.1 cm³/mol. The van der Waals surface area contributed by atoms with Crippen molar-refractivity contribution in [3.05, 3.63) is 0 Å². The summed E-state index contributed by atoms with van der Waals surface area (Å²) < 4.78 is 5.58. The lowest BCUT2D eigenvalue weighted by atomic mass is 10.1.